The monoisotopic (exact) mass is 395 g/mol. The van der Waals surface area contributed by atoms with E-state index in [1.54, 1.807) is 57.1 Å². The Bertz CT molecular complexity index is 838. The maximum Gasteiger partial charge on any atom is 0.166 e. The van der Waals surface area contributed by atoms with Gasteiger partial charge in [-0.2, -0.15) is 0 Å². The van der Waals surface area contributed by atoms with Crippen LogP contribution in [0.5, 0.6) is 0 Å². The van der Waals surface area contributed by atoms with E-state index in [9.17, 15) is 22.4 Å². The molecule has 2 aromatic carbocycles. The van der Waals surface area contributed by atoms with Gasteiger partial charge in [0.05, 0.1) is 5.41 Å². The molecule has 0 aromatic heterocycles. The summed E-state index contributed by atoms with van der Waals surface area (Å²) in [6.07, 6.45) is -0.0858. The quantitative estimate of drug-likeness (QED) is 0.477. The van der Waals surface area contributed by atoms with E-state index in [-0.39, 0.29) is 24.9 Å². The van der Waals surface area contributed by atoms with E-state index >= 15 is 0 Å². The van der Waals surface area contributed by atoms with Crippen molar-refractivity contribution in [1.29, 1.82) is 0 Å². The number of nitrogens with zero attached hydrogens (tertiary/aromatic N) is 1. The molecule has 0 radical (unpaired) electrons. The van der Waals surface area contributed by atoms with Crippen LogP contribution in [0.2, 0.25) is 0 Å². The molecule has 0 unspecified atom stereocenters. The van der Waals surface area contributed by atoms with E-state index < -0.39 is 40.0 Å². The lowest BCUT2D eigenvalue weighted by Crippen LogP contribution is -2.44. The number of hydrogen-bond donors (Lipinski definition) is 0. The van der Waals surface area contributed by atoms with Crippen molar-refractivity contribution >= 4 is 5.78 Å². The minimum atomic E-state index is -1.86. The Morgan fingerprint density at radius 3 is 1.96 bits per heavy atom. The average molecular weight is 395 g/mol. The molecule has 0 N–H and O–H groups in total. The van der Waals surface area contributed by atoms with Crippen molar-refractivity contribution in [2.75, 3.05) is 14.1 Å². The van der Waals surface area contributed by atoms with Gasteiger partial charge in [-0.15, -0.1) is 0 Å². The summed E-state index contributed by atoms with van der Waals surface area (Å²) in [4.78, 5) is 15.0. The van der Waals surface area contributed by atoms with Crippen LogP contribution >= 0.6 is 0 Å². The molecule has 2 nitrogen and oxygen atoms in total. The summed E-state index contributed by atoms with van der Waals surface area (Å²) >= 11 is 0. The Kier molecular flexibility index (Phi) is 6.65. The molecular formula is C22H25F4NO. The number of carbonyl (C=O) groups is 1. The molecule has 0 heterocycles. The second-order valence-corrected chi connectivity index (χ2v) is 7.41. The number of carbonyl (C=O) groups excluding carboxylic acids is 1. The van der Waals surface area contributed by atoms with Gasteiger partial charge in [-0.1, -0.05) is 36.8 Å². The first-order valence-electron chi connectivity index (χ1n) is 9.16. The maximum atomic E-state index is 14.9. The van der Waals surface area contributed by atoms with Crippen molar-refractivity contribution in [3.63, 3.8) is 0 Å². The normalized spacial score (nSPS) is 14.8. The fraction of sp³-hybridized carbons (Fsp3) is 0.409. The smallest absolute Gasteiger partial charge is 0.166 e. The lowest BCUT2D eigenvalue weighted by atomic mass is 9.66. The van der Waals surface area contributed by atoms with Gasteiger partial charge in [0, 0.05) is 24.1 Å². The molecule has 152 valence electrons. The summed E-state index contributed by atoms with van der Waals surface area (Å²) in [5.74, 6) is -6.62. The molecule has 2 atom stereocenters. The molecule has 2 aromatic rings. The lowest BCUT2D eigenvalue weighted by molar-refractivity contribution is -0.123. The zero-order valence-electron chi connectivity index (χ0n) is 16.7. The van der Waals surface area contributed by atoms with Crippen LogP contribution in [0.15, 0.2) is 30.3 Å². The predicted octanol–water partition coefficient (Wildman–Crippen LogP) is 5.16. The first-order chi connectivity index (χ1) is 13.1. The van der Waals surface area contributed by atoms with Gasteiger partial charge in [0.2, 0.25) is 0 Å². The van der Waals surface area contributed by atoms with Crippen LogP contribution in [0.4, 0.5) is 17.6 Å². The fourth-order valence-corrected chi connectivity index (χ4v) is 3.49. The predicted molar refractivity (Wildman–Crippen MR) is 101 cm³/mol. The van der Waals surface area contributed by atoms with E-state index in [4.69, 9.17) is 0 Å². The second-order valence-electron chi connectivity index (χ2n) is 7.41. The van der Waals surface area contributed by atoms with Crippen molar-refractivity contribution in [2.45, 2.75) is 45.1 Å². The first kappa shape index (κ1) is 22.1. The highest BCUT2D eigenvalue weighted by Gasteiger charge is 2.47. The molecule has 0 fully saturated rings. The van der Waals surface area contributed by atoms with Crippen LogP contribution in [-0.2, 0) is 10.2 Å². The van der Waals surface area contributed by atoms with Crippen molar-refractivity contribution < 1.29 is 22.4 Å². The first-order valence-corrected chi connectivity index (χ1v) is 9.16. The van der Waals surface area contributed by atoms with Crippen LogP contribution in [0.3, 0.4) is 0 Å². The van der Waals surface area contributed by atoms with Crippen LogP contribution in [0.1, 0.15) is 43.4 Å². The summed E-state index contributed by atoms with van der Waals surface area (Å²) in [5, 5.41) is 0. The third-order valence-corrected chi connectivity index (χ3v) is 5.36. The third-order valence-electron chi connectivity index (χ3n) is 5.36. The van der Waals surface area contributed by atoms with E-state index in [0.717, 1.165) is 5.56 Å². The van der Waals surface area contributed by atoms with Gasteiger partial charge in [-0.05, 0) is 39.9 Å². The molecule has 2 rings (SSSR count). The third kappa shape index (κ3) is 3.83. The summed E-state index contributed by atoms with van der Waals surface area (Å²) in [5.41, 5.74) is -1.53. The summed E-state index contributed by atoms with van der Waals surface area (Å²) < 4.78 is 58.0. The molecular weight excluding hydrogens is 370 g/mol. The van der Waals surface area contributed by atoms with Crippen LogP contribution in [0, 0.1) is 30.2 Å². The molecule has 28 heavy (non-hydrogen) atoms. The van der Waals surface area contributed by atoms with E-state index in [0.29, 0.717) is 5.56 Å². The Morgan fingerprint density at radius 2 is 1.54 bits per heavy atom. The molecule has 0 amide bonds. The number of benzene rings is 2. The number of ketones is 1. The Morgan fingerprint density at radius 1 is 1.04 bits per heavy atom. The number of Topliss-reactive ketones (excluding diaryl/α,β-unsaturated/α-hetero) is 1. The average Bonchev–Trinajstić information content (AvgIpc) is 2.65. The fourth-order valence-electron chi connectivity index (χ4n) is 3.49. The second kappa shape index (κ2) is 8.43. The maximum absolute atomic E-state index is 14.9. The molecule has 0 bridgehead atoms. The molecule has 0 aliphatic heterocycles. The molecule has 0 aliphatic carbocycles. The Hall–Kier alpha value is -2.21. The number of halogens is 4. The highest BCUT2D eigenvalue weighted by molar-refractivity contribution is 5.94. The SMILES string of the molecule is CCC(=O)[C@@](C[C@@H](C)N(C)C)(c1ccc(C)cc1)c1c(F)c(F)cc(F)c1F. The van der Waals surface area contributed by atoms with Gasteiger partial charge in [-0.25, -0.2) is 17.6 Å². The number of aryl methyl sites for hydroxylation is 1. The summed E-state index contributed by atoms with van der Waals surface area (Å²) in [6.45, 7) is 5.19. The van der Waals surface area contributed by atoms with Gasteiger partial charge in [0.1, 0.15) is 5.78 Å². The summed E-state index contributed by atoms with van der Waals surface area (Å²) in [7, 11) is 3.53. The summed E-state index contributed by atoms with van der Waals surface area (Å²) in [6, 6.07) is 6.46. The number of rotatable bonds is 7. The lowest BCUT2D eigenvalue weighted by Gasteiger charge is -2.38. The van der Waals surface area contributed by atoms with E-state index in [1.165, 1.54) is 0 Å². The van der Waals surface area contributed by atoms with Gasteiger partial charge in [0.25, 0.3) is 0 Å². The van der Waals surface area contributed by atoms with Crippen molar-refractivity contribution in [3.8, 4) is 0 Å². The minimum absolute atomic E-state index is 0.0353. The standard InChI is InChI=1S/C22H25F4NO/c1-6-18(28)22(12-14(3)27(4)5,15-9-7-13(2)8-10-15)19-20(25)16(23)11-17(24)21(19)26/h7-11,14H,6,12H2,1-5H3/t14-,22-/m1/s1. The molecule has 0 saturated heterocycles. The van der Waals surface area contributed by atoms with Crippen molar-refractivity contribution in [1.82, 2.24) is 4.90 Å². The highest BCUT2D eigenvalue weighted by atomic mass is 19.2. The minimum Gasteiger partial charge on any atom is -0.307 e. The Labute approximate surface area is 163 Å². The van der Waals surface area contributed by atoms with Gasteiger partial charge in [-0.3, -0.25) is 4.79 Å². The molecule has 0 saturated carbocycles. The largest absolute Gasteiger partial charge is 0.307 e. The van der Waals surface area contributed by atoms with Crippen LogP contribution in [-0.4, -0.2) is 30.8 Å². The molecule has 6 heteroatoms. The van der Waals surface area contributed by atoms with Crippen molar-refractivity contribution in [2.24, 2.45) is 0 Å². The van der Waals surface area contributed by atoms with E-state index in [2.05, 4.69) is 0 Å². The van der Waals surface area contributed by atoms with Gasteiger partial charge >= 0.3 is 0 Å². The van der Waals surface area contributed by atoms with Crippen LogP contribution in [0.25, 0.3) is 0 Å². The Balaban J connectivity index is 2.96. The van der Waals surface area contributed by atoms with Gasteiger partial charge in [0.15, 0.2) is 23.3 Å². The van der Waals surface area contributed by atoms with Crippen molar-refractivity contribution in [3.05, 3.63) is 70.3 Å². The zero-order valence-corrected chi connectivity index (χ0v) is 16.7. The van der Waals surface area contributed by atoms with Gasteiger partial charge < -0.3 is 4.90 Å². The van der Waals surface area contributed by atoms with Crippen LogP contribution < -0.4 is 0 Å². The molecule has 0 aliphatic rings. The highest BCUT2D eigenvalue weighted by Crippen LogP contribution is 2.43. The topological polar surface area (TPSA) is 20.3 Å². The zero-order chi connectivity index (χ0) is 21.2. The number of hydrogen-bond acceptors (Lipinski definition) is 2. The van der Waals surface area contributed by atoms with E-state index in [1.807, 2.05) is 6.92 Å². The molecule has 0 spiro atoms.